The summed E-state index contributed by atoms with van der Waals surface area (Å²) in [6, 6.07) is 14.0. The van der Waals surface area contributed by atoms with Crippen LogP contribution < -0.4 is 10.5 Å². The number of hydrogen-bond donors (Lipinski definition) is 1. The monoisotopic (exact) mass is 423 g/mol. The topological polar surface area (TPSA) is 69.3 Å². The van der Waals surface area contributed by atoms with E-state index in [0.717, 1.165) is 44.0 Å². The molecule has 2 N–H and O–H groups in total. The number of ether oxygens (including phenoxy) is 2. The van der Waals surface area contributed by atoms with E-state index in [1.807, 2.05) is 24.3 Å². The Morgan fingerprint density at radius 1 is 1.07 bits per heavy atom. The van der Waals surface area contributed by atoms with E-state index in [1.165, 1.54) is 12.1 Å². The molecule has 1 fully saturated rings. The van der Waals surface area contributed by atoms with Crippen molar-refractivity contribution in [3.05, 3.63) is 65.2 Å². The fraction of sp³-hybridized carbons (Fsp3) is 0.381. The van der Waals surface area contributed by atoms with Gasteiger partial charge >= 0.3 is 6.18 Å². The Bertz CT molecular complexity index is 853. The molecule has 1 aliphatic rings. The molecule has 1 aliphatic heterocycles. The number of halogens is 3. The van der Waals surface area contributed by atoms with Crippen molar-refractivity contribution >= 4 is 5.84 Å². The van der Waals surface area contributed by atoms with E-state index < -0.39 is 12.8 Å². The molecule has 0 unspecified atom stereocenters. The molecule has 162 valence electrons. The second-order valence-corrected chi connectivity index (χ2v) is 6.89. The highest BCUT2D eigenvalue weighted by Gasteiger charge is 2.28. The lowest BCUT2D eigenvalue weighted by atomic mass is 10.1. The molecule has 30 heavy (non-hydrogen) atoms. The number of morpholine rings is 1. The molecule has 0 saturated carbocycles. The molecule has 9 heteroatoms. The van der Waals surface area contributed by atoms with Crippen LogP contribution in [0.2, 0.25) is 0 Å². The highest BCUT2D eigenvalue weighted by atomic mass is 19.4. The second-order valence-electron chi connectivity index (χ2n) is 6.89. The van der Waals surface area contributed by atoms with Crippen LogP contribution in [0, 0.1) is 0 Å². The lowest BCUT2D eigenvalue weighted by Gasteiger charge is -2.26. The number of benzene rings is 2. The number of hydrogen-bond acceptors (Lipinski definition) is 5. The van der Waals surface area contributed by atoms with Crippen molar-refractivity contribution in [2.24, 2.45) is 10.9 Å². The third-order valence-electron chi connectivity index (χ3n) is 4.43. The van der Waals surface area contributed by atoms with E-state index in [0.29, 0.717) is 5.56 Å². The minimum Gasteiger partial charge on any atom is -0.484 e. The molecule has 0 radical (unpaired) electrons. The maximum Gasteiger partial charge on any atom is 0.422 e. The van der Waals surface area contributed by atoms with E-state index in [9.17, 15) is 13.2 Å². The Kier molecular flexibility index (Phi) is 7.53. The van der Waals surface area contributed by atoms with Crippen LogP contribution in [-0.4, -0.2) is 49.8 Å². The predicted molar refractivity (Wildman–Crippen MR) is 106 cm³/mol. The number of nitrogens with zero attached hydrogens (tertiary/aromatic N) is 2. The zero-order valence-electron chi connectivity index (χ0n) is 16.4. The standard InChI is InChI=1S/C21H24F3N3O3/c22-21(23,24)15-29-19-6-2-4-17(12-19)14-30-26-20(25)18-5-1-3-16(11-18)13-27-7-9-28-10-8-27/h1-6,11-12H,7-10,13-15H2,(H2,25,26). The number of alkyl halides is 3. The number of nitrogens with two attached hydrogens (primary N) is 1. The first-order valence-electron chi connectivity index (χ1n) is 9.52. The first-order valence-corrected chi connectivity index (χ1v) is 9.52. The van der Waals surface area contributed by atoms with Crippen LogP contribution in [0.15, 0.2) is 53.7 Å². The third-order valence-corrected chi connectivity index (χ3v) is 4.43. The highest BCUT2D eigenvalue weighted by molar-refractivity contribution is 5.97. The van der Waals surface area contributed by atoms with Crippen molar-refractivity contribution in [3.63, 3.8) is 0 Å². The first kappa shape index (κ1) is 21.9. The number of rotatable bonds is 8. The molecule has 0 bridgehead atoms. The van der Waals surface area contributed by atoms with Crippen molar-refractivity contribution < 1.29 is 27.5 Å². The first-order chi connectivity index (χ1) is 14.4. The molecule has 0 amide bonds. The van der Waals surface area contributed by atoms with Gasteiger partial charge in [0.1, 0.15) is 12.4 Å². The maximum atomic E-state index is 12.3. The molecule has 0 atom stereocenters. The van der Waals surface area contributed by atoms with Crippen molar-refractivity contribution in [1.29, 1.82) is 0 Å². The minimum atomic E-state index is -4.39. The Hall–Kier alpha value is -2.78. The Labute approximate surface area is 173 Å². The summed E-state index contributed by atoms with van der Waals surface area (Å²) in [4.78, 5) is 7.59. The molecule has 0 aliphatic carbocycles. The third kappa shape index (κ3) is 7.23. The SMILES string of the molecule is N/C(=N\OCc1cccc(OCC(F)(F)F)c1)c1cccc(CN2CCOCC2)c1. The average molecular weight is 423 g/mol. The van der Waals surface area contributed by atoms with Crippen molar-refractivity contribution in [2.45, 2.75) is 19.3 Å². The van der Waals surface area contributed by atoms with Crippen LogP contribution in [0.4, 0.5) is 13.2 Å². The van der Waals surface area contributed by atoms with Gasteiger partial charge in [0.2, 0.25) is 0 Å². The fourth-order valence-electron chi connectivity index (χ4n) is 2.97. The lowest BCUT2D eigenvalue weighted by Crippen LogP contribution is -2.35. The van der Waals surface area contributed by atoms with Crippen molar-refractivity contribution in [1.82, 2.24) is 4.90 Å². The molecule has 0 aromatic heterocycles. The van der Waals surface area contributed by atoms with E-state index in [2.05, 4.69) is 10.1 Å². The summed E-state index contributed by atoms with van der Waals surface area (Å²) in [7, 11) is 0. The Balaban J connectivity index is 1.54. The van der Waals surface area contributed by atoms with Gasteiger partial charge in [0.05, 0.1) is 13.2 Å². The van der Waals surface area contributed by atoms with E-state index >= 15 is 0 Å². The molecule has 1 heterocycles. The van der Waals surface area contributed by atoms with Gasteiger partial charge in [-0.25, -0.2) is 0 Å². The normalized spacial score (nSPS) is 15.8. The minimum absolute atomic E-state index is 0.0530. The van der Waals surface area contributed by atoms with Gasteiger partial charge in [0.15, 0.2) is 12.4 Å². The molecule has 2 aromatic rings. The van der Waals surface area contributed by atoms with Crippen LogP contribution in [0.5, 0.6) is 5.75 Å². The van der Waals surface area contributed by atoms with E-state index in [4.69, 9.17) is 20.0 Å². The Morgan fingerprint density at radius 2 is 1.80 bits per heavy atom. The van der Waals surface area contributed by atoms with E-state index in [-0.39, 0.29) is 18.2 Å². The van der Waals surface area contributed by atoms with Gasteiger partial charge in [0, 0.05) is 25.2 Å². The predicted octanol–water partition coefficient (Wildman–Crippen LogP) is 3.30. The average Bonchev–Trinajstić information content (AvgIpc) is 2.73. The summed E-state index contributed by atoms with van der Waals surface area (Å²) >= 11 is 0. The molecule has 2 aromatic carbocycles. The molecule has 0 spiro atoms. The molecule has 6 nitrogen and oxygen atoms in total. The number of oxime groups is 1. The summed E-state index contributed by atoms with van der Waals surface area (Å²) in [5.74, 6) is 0.337. The molecular weight excluding hydrogens is 399 g/mol. The second kappa shape index (κ2) is 10.3. The zero-order chi connectivity index (χ0) is 21.4. The summed E-state index contributed by atoms with van der Waals surface area (Å²) < 4.78 is 46.9. The molecule has 3 rings (SSSR count). The summed E-state index contributed by atoms with van der Waals surface area (Å²) in [5, 5.41) is 3.93. The molecule has 1 saturated heterocycles. The van der Waals surface area contributed by atoms with Crippen molar-refractivity contribution in [3.8, 4) is 5.75 Å². The quantitative estimate of drug-likeness (QED) is 0.401. The van der Waals surface area contributed by atoms with Gasteiger partial charge in [0.25, 0.3) is 0 Å². The summed E-state index contributed by atoms with van der Waals surface area (Å²) in [5.41, 5.74) is 8.50. The van der Waals surface area contributed by atoms with Crippen LogP contribution in [0.1, 0.15) is 16.7 Å². The Morgan fingerprint density at radius 3 is 2.57 bits per heavy atom. The zero-order valence-corrected chi connectivity index (χ0v) is 16.4. The van der Waals surface area contributed by atoms with Crippen LogP contribution >= 0.6 is 0 Å². The van der Waals surface area contributed by atoms with Crippen molar-refractivity contribution in [2.75, 3.05) is 32.9 Å². The lowest BCUT2D eigenvalue weighted by molar-refractivity contribution is -0.153. The van der Waals surface area contributed by atoms with Crippen LogP contribution in [0.3, 0.4) is 0 Å². The van der Waals surface area contributed by atoms with E-state index in [1.54, 1.807) is 12.1 Å². The van der Waals surface area contributed by atoms with Gasteiger partial charge in [-0.1, -0.05) is 35.5 Å². The smallest absolute Gasteiger partial charge is 0.422 e. The van der Waals surface area contributed by atoms with Gasteiger partial charge in [-0.15, -0.1) is 0 Å². The number of amidine groups is 1. The van der Waals surface area contributed by atoms with Gasteiger partial charge in [-0.05, 0) is 29.3 Å². The van der Waals surface area contributed by atoms with Crippen LogP contribution in [-0.2, 0) is 22.7 Å². The highest BCUT2D eigenvalue weighted by Crippen LogP contribution is 2.20. The molecular formula is C21H24F3N3O3. The van der Waals surface area contributed by atoms with Crippen LogP contribution in [0.25, 0.3) is 0 Å². The van der Waals surface area contributed by atoms with Gasteiger partial charge in [-0.3, -0.25) is 4.90 Å². The summed E-state index contributed by atoms with van der Waals surface area (Å²) in [6.07, 6.45) is -4.39. The summed E-state index contributed by atoms with van der Waals surface area (Å²) in [6.45, 7) is 2.76. The van der Waals surface area contributed by atoms with Gasteiger partial charge in [-0.2, -0.15) is 13.2 Å². The fourth-order valence-corrected chi connectivity index (χ4v) is 2.97. The van der Waals surface area contributed by atoms with Gasteiger partial charge < -0.3 is 20.0 Å². The maximum absolute atomic E-state index is 12.3. The largest absolute Gasteiger partial charge is 0.484 e.